The summed E-state index contributed by atoms with van der Waals surface area (Å²) in [6.07, 6.45) is 0.789. The van der Waals surface area contributed by atoms with Gasteiger partial charge in [-0.2, -0.15) is 0 Å². The van der Waals surface area contributed by atoms with Crippen LogP contribution in [0.25, 0.3) is 0 Å². The molecule has 0 aliphatic carbocycles. The number of carbonyl (C=O) groups is 1. The molecule has 142 valence electrons. The molecule has 0 aliphatic heterocycles. The third-order valence-electron chi connectivity index (χ3n) is 3.53. The maximum Gasteiger partial charge on any atom is 0.311 e. The van der Waals surface area contributed by atoms with Gasteiger partial charge in [0.1, 0.15) is 0 Å². The Morgan fingerprint density at radius 3 is 2.63 bits per heavy atom. The fourth-order valence-corrected chi connectivity index (χ4v) is 2.36. The van der Waals surface area contributed by atoms with E-state index in [0.29, 0.717) is 6.54 Å². The zero-order valence-corrected chi connectivity index (χ0v) is 15.5. The molecule has 0 unspecified atom stereocenters. The van der Waals surface area contributed by atoms with Gasteiger partial charge in [-0.1, -0.05) is 36.4 Å². The van der Waals surface area contributed by atoms with Gasteiger partial charge in [-0.05, 0) is 42.8 Å². The molecule has 2 rings (SSSR count). The van der Waals surface area contributed by atoms with Gasteiger partial charge in [0.05, 0.1) is 4.92 Å². The van der Waals surface area contributed by atoms with Crippen molar-refractivity contribution in [3.63, 3.8) is 0 Å². The largest absolute Gasteiger partial charge is 0.477 e. The smallest absolute Gasteiger partial charge is 0.311 e. The Labute approximate surface area is 162 Å². The van der Waals surface area contributed by atoms with Gasteiger partial charge in [0, 0.05) is 12.6 Å². The molecule has 0 radical (unpaired) electrons. The number of ether oxygens (including phenoxy) is 1. The average molecular weight is 388 g/mol. The first-order chi connectivity index (χ1) is 13.0. The van der Waals surface area contributed by atoms with Crippen LogP contribution < -0.4 is 20.9 Å². The fourth-order valence-electron chi connectivity index (χ4n) is 2.21. The number of nitrogens with zero attached hydrogens (tertiary/aromatic N) is 1. The van der Waals surface area contributed by atoms with Crippen molar-refractivity contribution in [1.29, 1.82) is 0 Å². The van der Waals surface area contributed by atoms with Crippen LogP contribution in [-0.2, 0) is 11.2 Å². The van der Waals surface area contributed by atoms with Gasteiger partial charge in [-0.15, -0.1) is 0 Å². The summed E-state index contributed by atoms with van der Waals surface area (Å²) in [5, 5.41) is 14.3. The zero-order chi connectivity index (χ0) is 19.6. The van der Waals surface area contributed by atoms with Crippen LogP contribution in [0.5, 0.6) is 5.75 Å². The number of carbonyl (C=O) groups excluding carboxylic acids is 1. The molecule has 1 amide bonds. The van der Waals surface area contributed by atoms with E-state index < -0.39 is 10.8 Å². The topological polar surface area (TPSA) is 106 Å². The highest BCUT2D eigenvalue weighted by Gasteiger charge is 2.16. The first kappa shape index (κ1) is 20.1. The molecule has 2 aromatic rings. The minimum Gasteiger partial charge on any atom is -0.477 e. The summed E-state index contributed by atoms with van der Waals surface area (Å²) in [4.78, 5) is 22.3. The summed E-state index contributed by atoms with van der Waals surface area (Å²) in [5.41, 5.74) is 6.65. The number of thiocarbonyl (C=S) groups is 1. The average Bonchev–Trinajstić information content (AvgIpc) is 2.66. The Balaban J connectivity index is 1.70. The third-order valence-corrected chi connectivity index (χ3v) is 3.77. The maximum atomic E-state index is 11.8. The number of nitro benzene ring substituents is 1. The summed E-state index contributed by atoms with van der Waals surface area (Å²) in [7, 11) is 0. The van der Waals surface area contributed by atoms with E-state index in [2.05, 4.69) is 16.2 Å². The van der Waals surface area contributed by atoms with Crippen molar-refractivity contribution in [2.75, 3.05) is 13.2 Å². The molecule has 3 N–H and O–H groups in total. The van der Waals surface area contributed by atoms with Crippen LogP contribution >= 0.6 is 12.2 Å². The van der Waals surface area contributed by atoms with Crippen molar-refractivity contribution >= 4 is 28.9 Å². The highest BCUT2D eigenvalue weighted by atomic mass is 32.1. The van der Waals surface area contributed by atoms with Crippen LogP contribution in [-0.4, -0.2) is 29.1 Å². The lowest BCUT2D eigenvalue weighted by Gasteiger charge is -2.12. The quantitative estimate of drug-likeness (QED) is 0.379. The number of nitro groups is 1. The van der Waals surface area contributed by atoms with Gasteiger partial charge in [0.15, 0.2) is 17.5 Å². The first-order valence-electron chi connectivity index (χ1n) is 8.20. The van der Waals surface area contributed by atoms with E-state index >= 15 is 0 Å². The Kier molecular flexibility index (Phi) is 7.50. The van der Waals surface area contributed by atoms with Crippen molar-refractivity contribution in [1.82, 2.24) is 16.2 Å². The summed E-state index contributed by atoms with van der Waals surface area (Å²) < 4.78 is 5.23. The molecule has 8 nitrogen and oxygen atoms in total. The molecule has 0 bridgehead atoms. The van der Waals surface area contributed by atoms with Crippen molar-refractivity contribution < 1.29 is 14.5 Å². The Hall–Kier alpha value is -3.20. The number of rotatable bonds is 7. The number of hydrazine groups is 1. The second-order valence-corrected chi connectivity index (χ2v) is 6.09. The third kappa shape index (κ3) is 6.90. The minimum absolute atomic E-state index is 0.0318. The lowest BCUT2D eigenvalue weighted by molar-refractivity contribution is -0.385. The predicted molar refractivity (Wildman–Crippen MR) is 105 cm³/mol. The summed E-state index contributed by atoms with van der Waals surface area (Å²) >= 11 is 5.07. The molecule has 0 aromatic heterocycles. The fraction of sp³-hybridized carbons (Fsp3) is 0.222. The maximum absolute atomic E-state index is 11.8. The van der Waals surface area contributed by atoms with Gasteiger partial charge >= 0.3 is 5.69 Å². The van der Waals surface area contributed by atoms with E-state index in [1.165, 1.54) is 17.7 Å². The molecule has 0 saturated carbocycles. The second-order valence-electron chi connectivity index (χ2n) is 5.68. The van der Waals surface area contributed by atoms with Crippen LogP contribution in [0.15, 0.2) is 48.5 Å². The monoisotopic (exact) mass is 388 g/mol. The van der Waals surface area contributed by atoms with E-state index in [1.54, 1.807) is 13.0 Å². The molecular weight excluding hydrogens is 368 g/mol. The minimum atomic E-state index is -0.551. The predicted octanol–water partition coefficient (Wildman–Crippen LogP) is 2.02. The normalized spacial score (nSPS) is 9.96. The number of nitrogens with one attached hydrogen (secondary N) is 3. The van der Waals surface area contributed by atoms with Crippen molar-refractivity contribution in [2.45, 2.75) is 13.3 Å². The number of hydrogen-bond acceptors (Lipinski definition) is 5. The molecule has 0 heterocycles. The number of benzene rings is 2. The SMILES string of the molecule is Cc1ccc(OCC(=O)NNC(=S)NCCc2ccccc2)c([N+](=O)[O-])c1. The summed E-state index contributed by atoms with van der Waals surface area (Å²) in [6.45, 7) is 1.96. The molecule has 9 heteroatoms. The van der Waals surface area contributed by atoms with Crippen LogP contribution in [0.3, 0.4) is 0 Å². The van der Waals surface area contributed by atoms with E-state index in [1.807, 2.05) is 30.3 Å². The van der Waals surface area contributed by atoms with Gasteiger partial charge in [-0.3, -0.25) is 25.8 Å². The van der Waals surface area contributed by atoms with Gasteiger partial charge in [0.25, 0.3) is 5.91 Å². The van der Waals surface area contributed by atoms with Crippen LogP contribution in [0, 0.1) is 17.0 Å². The Morgan fingerprint density at radius 2 is 1.93 bits per heavy atom. The van der Waals surface area contributed by atoms with Crippen LogP contribution in [0.1, 0.15) is 11.1 Å². The van der Waals surface area contributed by atoms with E-state index in [-0.39, 0.29) is 23.2 Å². The van der Waals surface area contributed by atoms with E-state index in [0.717, 1.165) is 12.0 Å². The lowest BCUT2D eigenvalue weighted by Crippen LogP contribution is -2.48. The van der Waals surface area contributed by atoms with Gasteiger partial charge in [0.2, 0.25) is 0 Å². The number of amides is 1. The molecular formula is C18H20N4O4S. The number of hydrogen-bond donors (Lipinski definition) is 3. The molecule has 27 heavy (non-hydrogen) atoms. The molecule has 0 saturated heterocycles. The zero-order valence-electron chi connectivity index (χ0n) is 14.7. The molecule has 0 atom stereocenters. The van der Waals surface area contributed by atoms with Crippen molar-refractivity contribution in [3.8, 4) is 5.75 Å². The molecule has 0 fully saturated rings. The van der Waals surface area contributed by atoms with Gasteiger partial charge < -0.3 is 10.1 Å². The van der Waals surface area contributed by atoms with Crippen molar-refractivity contribution in [3.05, 3.63) is 69.8 Å². The van der Waals surface area contributed by atoms with Crippen LogP contribution in [0.2, 0.25) is 0 Å². The summed E-state index contributed by atoms with van der Waals surface area (Å²) in [5.74, 6) is -0.485. The second kappa shape index (κ2) is 10.1. The molecule has 0 aliphatic rings. The highest BCUT2D eigenvalue weighted by Crippen LogP contribution is 2.27. The standard InChI is InChI=1S/C18H20N4O4S/c1-13-7-8-16(15(11-13)22(24)25)26-12-17(23)20-21-18(27)19-10-9-14-5-3-2-4-6-14/h2-8,11H,9-10,12H2,1H3,(H,20,23)(H2,19,21,27). The lowest BCUT2D eigenvalue weighted by atomic mass is 10.1. The first-order valence-corrected chi connectivity index (χ1v) is 8.61. The Morgan fingerprint density at radius 1 is 1.19 bits per heavy atom. The van der Waals surface area contributed by atoms with E-state index in [9.17, 15) is 14.9 Å². The van der Waals surface area contributed by atoms with Gasteiger partial charge in [-0.25, -0.2) is 0 Å². The number of aryl methyl sites for hydroxylation is 1. The Bertz CT molecular complexity index is 814. The molecule has 0 spiro atoms. The summed E-state index contributed by atoms with van der Waals surface area (Å²) in [6, 6.07) is 14.4. The van der Waals surface area contributed by atoms with Crippen molar-refractivity contribution in [2.24, 2.45) is 0 Å². The molecule has 2 aromatic carbocycles. The highest BCUT2D eigenvalue weighted by molar-refractivity contribution is 7.80. The van der Waals surface area contributed by atoms with Crippen LogP contribution in [0.4, 0.5) is 5.69 Å². The van der Waals surface area contributed by atoms with E-state index in [4.69, 9.17) is 17.0 Å².